The largest absolute Gasteiger partial charge is 0.310 e. The summed E-state index contributed by atoms with van der Waals surface area (Å²) < 4.78 is 2.12. The molecule has 0 saturated carbocycles. The van der Waals surface area contributed by atoms with Crippen molar-refractivity contribution in [2.45, 2.75) is 25.3 Å². The summed E-state index contributed by atoms with van der Waals surface area (Å²) in [5.41, 5.74) is 1.42. The molecule has 1 aromatic rings. The zero-order valence-corrected chi connectivity index (χ0v) is 8.16. The Labute approximate surface area is 79.6 Å². The highest BCUT2D eigenvalue weighted by Gasteiger charge is 2.16. The van der Waals surface area contributed by atoms with Crippen LogP contribution in [0.4, 0.5) is 0 Å². The van der Waals surface area contributed by atoms with Gasteiger partial charge in [-0.2, -0.15) is 0 Å². The van der Waals surface area contributed by atoms with Gasteiger partial charge in [-0.05, 0) is 25.5 Å². The van der Waals surface area contributed by atoms with Gasteiger partial charge in [-0.25, -0.2) is 4.57 Å². The van der Waals surface area contributed by atoms with E-state index in [1.54, 1.807) is 0 Å². The normalized spacial score (nSPS) is 23.0. The molecule has 1 aliphatic heterocycles. The summed E-state index contributed by atoms with van der Waals surface area (Å²) in [5, 5.41) is 3.55. The SMILES string of the molecule is C[n+]1cccc(C2CCCCN2)c1. The van der Waals surface area contributed by atoms with Gasteiger partial charge in [0, 0.05) is 17.7 Å². The van der Waals surface area contributed by atoms with Crippen LogP contribution in [0.3, 0.4) is 0 Å². The van der Waals surface area contributed by atoms with Gasteiger partial charge in [-0.15, -0.1) is 0 Å². The van der Waals surface area contributed by atoms with E-state index in [0.717, 1.165) is 0 Å². The van der Waals surface area contributed by atoms with Crippen LogP contribution < -0.4 is 9.88 Å². The Balaban J connectivity index is 2.14. The van der Waals surface area contributed by atoms with Crippen molar-refractivity contribution in [3.05, 3.63) is 30.1 Å². The first-order valence-electron chi connectivity index (χ1n) is 5.05. The molecule has 2 heterocycles. The van der Waals surface area contributed by atoms with E-state index in [1.807, 2.05) is 0 Å². The third-order valence-electron chi connectivity index (χ3n) is 2.68. The Kier molecular flexibility index (Phi) is 2.60. The van der Waals surface area contributed by atoms with Gasteiger partial charge in [-0.1, -0.05) is 6.42 Å². The molecule has 0 spiro atoms. The molecule has 1 atom stereocenters. The Morgan fingerprint density at radius 1 is 1.46 bits per heavy atom. The van der Waals surface area contributed by atoms with Gasteiger partial charge in [0.1, 0.15) is 7.05 Å². The molecule has 2 nitrogen and oxygen atoms in total. The summed E-state index contributed by atoms with van der Waals surface area (Å²) in [7, 11) is 2.08. The second kappa shape index (κ2) is 3.88. The predicted octanol–water partition coefficient (Wildman–Crippen LogP) is 1.33. The number of pyridine rings is 1. The molecule has 1 fully saturated rings. The van der Waals surface area contributed by atoms with Gasteiger partial charge in [-0.3, -0.25) is 0 Å². The molecule has 2 heteroatoms. The van der Waals surface area contributed by atoms with E-state index in [-0.39, 0.29) is 0 Å². The standard InChI is InChI=1S/C11H17N2/c1-13-8-4-5-10(9-13)11-6-2-3-7-12-11/h4-5,8-9,11-12H,2-3,6-7H2,1H3/q+1. The van der Waals surface area contributed by atoms with Crippen molar-refractivity contribution in [3.8, 4) is 0 Å². The third kappa shape index (κ3) is 2.07. The van der Waals surface area contributed by atoms with Crippen molar-refractivity contribution in [2.75, 3.05) is 6.54 Å². The summed E-state index contributed by atoms with van der Waals surface area (Å²) in [6.07, 6.45) is 8.26. The fourth-order valence-corrected chi connectivity index (χ4v) is 1.95. The fraction of sp³-hybridized carbons (Fsp3) is 0.545. The first-order chi connectivity index (χ1) is 6.36. The molecule has 1 saturated heterocycles. The van der Waals surface area contributed by atoms with Crippen molar-refractivity contribution in [1.82, 2.24) is 5.32 Å². The predicted molar refractivity (Wildman–Crippen MR) is 52.2 cm³/mol. The number of piperidine rings is 1. The molecule has 13 heavy (non-hydrogen) atoms. The number of hydrogen-bond acceptors (Lipinski definition) is 1. The highest BCUT2D eigenvalue weighted by atomic mass is 14.9. The van der Waals surface area contributed by atoms with Gasteiger partial charge in [0.25, 0.3) is 0 Å². The molecule has 1 N–H and O–H groups in total. The molecule has 0 bridgehead atoms. The summed E-state index contributed by atoms with van der Waals surface area (Å²) >= 11 is 0. The summed E-state index contributed by atoms with van der Waals surface area (Å²) in [6.45, 7) is 1.17. The lowest BCUT2D eigenvalue weighted by atomic mass is 9.99. The molecular weight excluding hydrogens is 160 g/mol. The first kappa shape index (κ1) is 8.70. The molecule has 1 aromatic heterocycles. The van der Waals surface area contributed by atoms with E-state index in [2.05, 4.69) is 41.5 Å². The van der Waals surface area contributed by atoms with Crippen LogP contribution in [0.15, 0.2) is 24.5 Å². The Morgan fingerprint density at radius 2 is 2.38 bits per heavy atom. The maximum atomic E-state index is 3.55. The summed E-state index contributed by atoms with van der Waals surface area (Å²) in [6, 6.07) is 4.91. The molecule has 1 unspecified atom stereocenters. The average molecular weight is 177 g/mol. The van der Waals surface area contributed by atoms with Crippen LogP contribution in [0.25, 0.3) is 0 Å². The minimum absolute atomic E-state index is 0.584. The maximum absolute atomic E-state index is 3.55. The van der Waals surface area contributed by atoms with Crippen molar-refractivity contribution in [3.63, 3.8) is 0 Å². The van der Waals surface area contributed by atoms with Crippen LogP contribution in [0.5, 0.6) is 0 Å². The van der Waals surface area contributed by atoms with E-state index in [1.165, 1.54) is 31.4 Å². The van der Waals surface area contributed by atoms with E-state index in [4.69, 9.17) is 0 Å². The lowest BCUT2D eigenvalue weighted by Crippen LogP contribution is -2.32. The number of rotatable bonds is 1. The Hall–Kier alpha value is -0.890. The van der Waals surface area contributed by atoms with Gasteiger partial charge < -0.3 is 5.32 Å². The lowest BCUT2D eigenvalue weighted by Gasteiger charge is -2.22. The molecular formula is C11H17N2+. The number of nitrogens with zero attached hydrogens (tertiary/aromatic N) is 1. The molecule has 0 amide bonds. The maximum Gasteiger partial charge on any atom is 0.173 e. The van der Waals surface area contributed by atoms with Gasteiger partial charge in [0.2, 0.25) is 0 Å². The fourth-order valence-electron chi connectivity index (χ4n) is 1.95. The van der Waals surface area contributed by atoms with Gasteiger partial charge in [0.05, 0.1) is 0 Å². The quantitative estimate of drug-likeness (QED) is 0.640. The van der Waals surface area contributed by atoms with Crippen LogP contribution in [-0.2, 0) is 7.05 Å². The second-order valence-electron chi connectivity index (χ2n) is 3.81. The zero-order chi connectivity index (χ0) is 9.10. The Morgan fingerprint density at radius 3 is 3.08 bits per heavy atom. The monoisotopic (exact) mass is 177 g/mol. The van der Waals surface area contributed by atoms with Crippen LogP contribution in [0.1, 0.15) is 30.9 Å². The second-order valence-corrected chi connectivity index (χ2v) is 3.81. The smallest absolute Gasteiger partial charge is 0.173 e. The van der Waals surface area contributed by atoms with Crippen molar-refractivity contribution in [2.24, 2.45) is 7.05 Å². The van der Waals surface area contributed by atoms with E-state index < -0.39 is 0 Å². The first-order valence-corrected chi connectivity index (χ1v) is 5.05. The summed E-state index contributed by atoms with van der Waals surface area (Å²) in [5.74, 6) is 0. The molecule has 1 aliphatic rings. The van der Waals surface area contributed by atoms with Crippen LogP contribution in [-0.4, -0.2) is 6.54 Å². The average Bonchev–Trinajstić information content (AvgIpc) is 2.19. The van der Waals surface area contributed by atoms with Crippen LogP contribution >= 0.6 is 0 Å². The number of aromatic nitrogens is 1. The number of hydrogen-bond donors (Lipinski definition) is 1. The van der Waals surface area contributed by atoms with E-state index in [9.17, 15) is 0 Å². The van der Waals surface area contributed by atoms with Crippen molar-refractivity contribution in [1.29, 1.82) is 0 Å². The van der Waals surface area contributed by atoms with Crippen LogP contribution in [0, 0.1) is 0 Å². The number of aryl methyl sites for hydroxylation is 1. The van der Waals surface area contributed by atoms with E-state index in [0.29, 0.717) is 6.04 Å². The van der Waals surface area contributed by atoms with Crippen molar-refractivity contribution < 1.29 is 4.57 Å². The van der Waals surface area contributed by atoms with Crippen LogP contribution in [0.2, 0.25) is 0 Å². The highest BCUT2D eigenvalue weighted by molar-refractivity contribution is 5.11. The topological polar surface area (TPSA) is 15.9 Å². The van der Waals surface area contributed by atoms with Crippen molar-refractivity contribution >= 4 is 0 Å². The Bertz CT molecular complexity index is 277. The lowest BCUT2D eigenvalue weighted by molar-refractivity contribution is -0.672. The third-order valence-corrected chi connectivity index (χ3v) is 2.68. The molecule has 0 aliphatic carbocycles. The highest BCUT2D eigenvalue weighted by Crippen LogP contribution is 2.21. The molecule has 70 valence electrons. The minimum atomic E-state index is 0.584. The zero-order valence-electron chi connectivity index (χ0n) is 8.16. The molecule has 0 radical (unpaired) electrons. The number of nitrogens with one attached hydrogen (secondary N) is 1. The van der Waals surface area contributed by atoms with Gasteiger partial charge >= 0.3 is 0 Å². The summed E-state index contributed by atoms with van der Waals surface area (Å²) in [4.78, 5) is 0. The molecule has 0 aromatic carbocycles. The molecule has 2 rings (SSSR count). The minimum Gasteiger partial charge on any atom is -0.310 e. The van der Waals surface area contributed by atoms with E-state index >= 15 is 0 Å². The van der Waals surface area contributed by atoms with Gasteiger partial charge in [0.15, 0.2) is 12.4 Å².